The van der Waals surface area contributed by atoms with Crippen LogP contribution in [0, 0.1) is 6.92 Å². The van der Waals surface area contributed by atoms with Crippen LogP contribution in [0.2, 0.25) is 5.15 Å². The largest absolute Gasteiger partial charge is 0.380 e. The zero-order valence-corrected chi connectivity index (χ0v) is 13.9. The summed E-state index contributed by atoms with van der Waals surface area (Å²) in [5.41, 5.74) is 2.98. The molecule has 1 aromatic carbocycles. The second-order valence-corrected chi connectivity index (χ2v) is 6.08. The first kappa shape index (κ1) is 13.9. The van der Waals surface area contributed by atoms with Crippen LogP contribution in [0.3, 0.4) is 0 Å². The van der Waals surface area contributed by atoms with Gasteiger partial charge in [0.15, 0.2) is 0 Å². The number of hydrogen-bond acceptors (Lipinski definition) is 2. The fourth-order valence-corrected chi connectivity index (χ4v) is 2.68. The quantitative estimate of drug-likeness (QED) is 0.831. The smallest absolute Gasteiger partial charge is 0.131 e. The average Bonchev–Trinajstić information content (AvgIpc) is 2.55. The first-order valence-electron chi connectivity index (χ1n) is 5.36. The van der Waals surface area contributed by atoms with E-state index in [1.165, 1.54) is 0 Å². The highest BCUT2D eigenvalue weighted by Crippen LogP contribution is 2.27. The van der Waals surface area contributed by atoms with Crippen LogP contribution in [0.25, 0.3) is 0 Å². The molecule has 0 atom stereocenters. The van der Waals surface area contributed by atoms with Crippen molar-refractivity contribution < 1.29 is 0 Å². The Balaban J connectivity index is 2.19. The standard InChI is InChI=1S/C12H12Br2ClN3/c1-7-9(12(15)18(2)17-7)6-16-11-5-8(13)3-4-10(11)14/h3-5,16H,6H2,1-2H3. The fourth-order valence-electron chi connectivity index (χ4n) is 1.69. The maximum atomic E-state index is 6.19. The Bertz CT molecular complexity index is 581. The normalized spacial score (nSPS) is 10.7. The molecule has 2 rings (SSSR count). The summed E-state index contributed by atoms with van der Waals surface area (Å²) < 4.78 is 3.73. The second kappa shape index (κ2) is 5.63. The van der Waals surface area contributed by atoms with Gasteiger partial charge in [-0.2, -0.15) is 5.10 Å². The highest BCUT2D eigenvalue weighted by atomic mass is 79.9. The molecule has 6 heteroatoms. The maximum absolute atomic E-state index is 6.19. The van der Waals surface area contributed by atoms with Gasteiger partial charge in [-0.1, -0.05) is 27.5 Å². The van der Waals surface area contributed by atoms with E-state index in [4.69, 9.17) is 11.6 Å². The van der Waals surface area contributed by atoms with Gasteiger partial charge in [0.1, 0.15) is 5.15 Å². The predicted molar refractivity (Wildman–Crippen MR) is 82.1 cm³/mol. The molecule has 1 aromatic heterocycles. The summed E-state index contributed by atoms with van der Waals surface area (Å²) in [4.78, 5) is 0. The molecule has 1 heterocycles. The van der Waals surface area contributed by atoms with Crippen LogP contribution in [0.1, 0.15) is 11.3 Å². The molecule has 1 N–H and O–H groups in total. The molecule has 0 aliphatic rings. The summed E-state index contributed by atoms with van der Waals surface area (Å²) in [6.07, 6.45) is 0. The van der Waals surface area contributed by atoms with Crippen molar-refractivity contribution in [3.8, 4) is 0 Å². The van der Waals surface area contributed by atoms with E-state index < -0.39 is 0 Å². The van der Waals surface area contributed by atoms with Gasteiger partial charge in [0.2, 0.25) is 0 Å². The molecule has 0 saturated carbocycles. The Morgan fingerprint density at radius 2 is 2.11 bits per heavy atom. The van der Waals surface area contributed by atoms with Crippen LogP contribution in [0.5, 0.6) is 0 Å². The Hall–Kier alpha value is -0.520. The molecule has 2 aromatic rings. The Morgan fingerprint density at radius 1 is 1.39 bits per heavy atom. The first-order valence-corrected chi connectivity index (χ1v) is 7.32. The summed E-state index contributed by atoms with van der Waals surface area (Å²) in [5, 5.41) is 8.31. The van der Waals surface area contributed by atoms with Gasteiger partial charge in [0.05, 0.1) is 5.69 Å². The SMILES string of the molecule is Cc1nn(C)c(Cl)c1CNc1cc(Br)ccc1Br. The van der Waals surface area contributed by atoms with Crippen molar-refractivity contribution in [1.29, 1.82) is 0 Å². The van der Waals surface area contributed by atoms with Gasteiger partial charge in [-0.15, -0.1) is 0 Å². The number of nitrogens with one attached hydrogen (secondary N) is 1. The first-order chi connectivity index (χ1) is 8.49. The van der Waals surface area contributed by atoms with E-state index in [-0.39, 0.29) is 0 Å². The lowest BCUT2D eigenvalue weighted by molar-refractivity contribution is 0.757. The minimum atomic E-state index is 0.646. The number of benzene rings is 1. The van der Waals surface area contributed by atoms with Gasteiger partial charge in [0.25, 0.3) is 0 Å². The topological polar surface area (TPSA) is 29.9 Å². The van der Waals surface area contributed by atoms with E-state index in [0.29, 0.717) is 11.7 Å². The lowest BCUT2D eigenvalue weighted by Crippen LogP contribution is -2.01. The molecule has 0 aliphatic carbocycles. The van der Waals surface area contributed by atoms with Gasteiger partial charge in [0, 0.05) is 33.8 Å². The Kier molecular flexibility index (Phi) is 4.35. The molecule has 0 bridgehead atoms. The summed E-state index contributed by atoms with van der Waals surface area (Å²) >= 11 is 13.2. The zero-order chi connectivity index (χ0) is 13.3. The van der Waals surface area contributed by atoms with Crippen molar-refractivity contribution in [2.24, 2.45) is 7.05 Å². The summed E-state index contributed by atoms with van der Waals surface area (Å²) in [6.45, 7) is 2.60. The molecule has 0 spiro atoms. The molecular formula is C12H12Br2ClN3. The van der Waals surface area contributed by atoms with Crippen molar-refractivity contribution >= 4 is 49.1 Å². The maximum Gasteiger partial charge on any atom is 0.131 e. The molecule has 0 fully saturated rings. The van der Waals surface area contributed by atoms with E-state index in [0.717, 1.165) is 25.9 Å². The van der Waals surface area contributed by atoms with E-state index >= 15 is 0 Å². The van der Waals surface area contributed by atoms with E-state index in [2.05, 4.69) is 42.3 Å². The van der Waals surface area contributed by atoms with Crippen LogP contribution in [0.4, 0.5) is 5.69 Å². The molecular weight excluding hydrogens is 381 g/mol. The number of nitrogens with zero attached hydrogens (tertiary/aromatic N) is 2. The third-order valence-electron chi connectivity index (χ3n) is 2.65. The van der Waals surface area contributed by atoms with Crippen LogP contribution in [-0.2, 0) is 13.6 Å². The van der Waals surface area contributed by atoms with Crippen LogP contribution >= 0.6 is 43.5 Å². The number of rotatable bonds is 3. The van der Waals surface area contributed by atoms with E-state index in [1.54, 1.807) is 4.68 Å². The van der Waals surface area contributed by atoms with Gasteiger partial charge in [-0.3, -0.25) is 4.68 Å². The molecule has 0 saturated heterocycles. The van der Waals surface area contributed by atoms with Crippen LogP contribution in [0.15, 0.2) is 27.1 Å². The highest BCUT2D eigenvalue weighted by molar-refractivity contribution is 9.11. The highest BCUT2D eigenvalue weighted by Gasteiger charge is 2.11. The molecule has 0 unspecified atom stereocenters. The van der Waals surface area contributed by atoms with Crippen molar-refractivity contribution in [3.63, 3.8) is 0 Å². The minimum Gasteiger partial charge on any atom is -0.380 e. The molecule has 96 valence electrons. The molecule has 3 nitrogen and oxygen atoms in total. The van der Waals surface area contributed by atoms with Gasteiger partial charge in [-0.05, 0) is 41.1 Å². The van der Waals surface area contributed by atoms with Crippen molar-refractivity contribution in [2.45, 2.75) is 13.5 Å². The number of anilines is 1. The summed E-state index contributed by atoms with van der Waals surface area (Å²) in [6, 6.07) is 5.99. The lowest BCUT2D eigenvalue weighted by atomic mass is 10.2. The fraction of sp³-hybridized carbons (Fsp3) is 0.250. The van der Waals surface area contributed by atoms with Crippen LogP contribution < -0.4 is 5.32 Å². The average molecular weight is 394 g/mol. The van der Waals surface area contributed by atoms with Crippen molar-refractivity contribution in [1.82, 2.24) is 9.78 Å². The van der Waals surface area contributed by atoms with E-state index in [9.17, 15) is 0 Å². The monoisotopic (exact) mass is 391 g/mol. The van der Waals surface area contributed by atoms with Gasteiger partial charge < -0.3 is 5.32 Å². The minimum absolute atomic E-state index is 0.646. The Labute approximate surface area is 128 Å². The van der Waals surface area contributed by atoms with Crippen molar-refractivity contribution in [2.75, 3.05) is 5.32 Å². The third-order valence-corrected chi connectivity index (χ3v) is 4.31. The molecule has 0 amide bonds. The summed E-state index contributed by atoms with van der Waals surface area (Å²) in [7, 11) is 1.84. The number of halogens is 3. The van der Waals surface area contributed by atoms with Crippen molar-refractivity contribution in [3.05, 3.63) is 43.6 Å². The molecule has 0 aliphatic heterocycles. The van der Waals surface area contributed by atoms with Gasteiger partial charge >= 0.3 is 0 Å². The van der Waals surface area contributed by atoms with Crippen LogP contribution in [-0.4, -0.2) is 9.78 Å². The summed E-state index contributed by atoms with van der Waals surface area (Å²) in [5.74, 6) is 0. The number of hydrogen-bond donors (Lipinski definition) is 1. The Morgan fingerprint density at radius 3 is 2.72 bits per heavy atom. The lowest BCUT2D eigenvalue weighted by Gasteiger charge is -2.09. The second-order valence-electron chi connectivity index (χ2n) is 3.96. The number of aromatic nitrogens is 2. The van der Waals surface area contributed by atoms with Gasteiger partial charge in [-0.25, -0.2) is 0 Å². The predicted octanol–water partition coefficient (Wildman–Crippen LogP) is 4.52. The van der Waals surface area contributed by atoms with E-state index in [1.807, 2.05) is 32.2 Å². The zero-order valence-electron chi connectivity index (χ0n) is 9.97. The third kappa shape index (κ3) is 2.90. The molecule has 18 heavy (non-hydrogen) atoms. The molecule has 0 radical (unpaired) electrons. The number of aryl methyl sites for hydroxylation is 2.